The van der Waals surface area contributed by atoms with Crippen LogP contribution in [0.25, 0.3) is 21.5 Å². The van der Waals surface area contributed by atoms with Crippen molar-refractivity contribution in [2.24, 2.45) is 0 Å². The lowest BCUT2D eigenvalue weighted by Crippen LogP contribution is -2.17. The second-order valence-corrected chi connectivity index (χ2v) is 5.11. The third kappa shape index (κ3) is 1.62. The first-order valence-corrected chi connectivity index (χ1v) is 6.55. The van der Waals surface area contributed by atoms with Crippen molar-refractivity contribution < 1.29 is 24.2 Å². The third-order valence-electron chi connectivity index (χ3n) is 3.83. The van der Waals surface area contributed by atoms with E-state index in [0.717, 1.165) is 10.8 Å². The van der Waals surface area contributed by atoms with Crippen molar-refractivity contribution in [1.29, 1.82) is 0 Å². The van der Waals surface area contributed by atoms with E-state index in [1.54, 1.807) is 30.3 Å². The molecule has 5 nitrogen and oxygen atoms in total. The molecule has 106 valence electrons. The molecular formula is C17H8O5. The Morgan fingerprint density at radius 2 is 1.64 bits per heavy atom. The van der Waals surface area contributed by atoms with Crippen molar-refractivity contribution in [1.82, 2.24) is 0 Å². The number of hydrogen-bond donors (Lipinski definition) is 1. The van der Waals surface area contributed by atoms with Crippen molar-refractivity contribution in [2.75, 3.05) is 0 Å². The summed E-state index contributed by atoms with van der Waals surface area (Å²) in [5.74, 6) is -2.99. The van der Waals surface area contributed by atoms with E-state index in [1.165, 1.54) is 6.07 Å². The predicted octanol–water partition coefficient (Wildman–Crippen LogP) is 3.00. The fraction of sp³-hybridized carbons (Fsp3) is 0. The van der Waals surface area contributed by atoms with Gasteiger partial charge >= 0.3 is 17.9 Å². The zero-order chi connectivity index (χ0) is 15.4. The number of carbonyl (C=O) groups excluding carboxylic acids is 2. The Bertz CT molecular complexity index is 1020. The Labute approximate surface area is 123 Å². The van der Waals surface area contributed by atoms with E-state index >= 15 is 0 Å². The average Bonchev–Trinajstić information content (AvgIpc) is 2.49. The Balaban J connectivity index is 2.27. The van der Waals surface area contributed by atoms with E-state index in [4.69, 9.17) is 4.74 Å². The molecule has 1 N–H and O–H groups in total. The summed E-state index contributed by atoms with van der Waals surface area (Å²) in [5, 5.41) is 12.2. The topological polar surface area (TPSA) is 80.7 Å². The first kappa shape index (κ1) is 12.5. The van der Waals surface area contributed by atoms with Crippen molar-refractivity contribution in [3.05, 3.63) is 59.2 Å². The van der Waals surface area contributed by atoms with Crippen molar-refractivity contribution in [2.45, 2.75) is 0 Å². The second-order valence-electron chi connectivity index (χ2n) is 5.11. The Morgan fingerprint density at radius 3 is 2.41 bits per heavy atom. The van der Waals surface area contributed by atoms with Crippen LogP contribution in [0.3, 0.4) is 0 Å². The summed E-state index contributed by atoms with van der Waals surface area (Å²) in [5.41, 5.74) is -0.0235. The SMILES string of the molecule is O=C1OC(=O)c2ccc3cc4ccc1cc4cc3c2C(=O)O. The molecule has 0 radical (unpaired) electrons. The molecule has 0 saturated heterocycles. The summed E-state index contributed by atoms with van der Waals surface area (Å²) in [4.78, 5) is 35.7. The van der Waals surface area contributed by atoms with Gasteiger partial charge in [0.25, 0.3) is 0 Å². The average molecular weight is 292 g/mol. The zero-order valence-corrected chi connectivity index (χ0v) is 11.1. The van der Waals surface area contributed by atoms with Crippen molar-refractivity contribution in [3.8, 4) is 0 Å². The molecule has 1 aliphatic rings. The zero-order valence-electron chi connectivity index (χ0n) is 11.1. The molecule has 0 fully saturated rings. The number of carboxylic acid groups (broad SMARTS) is 1. The molecule has 0 aliphatic carbocycles. The second kappa shape index (κ2) is 4.14. The van der Waals surface area contributed by atoms with Gasteiger partial charge in [0.05, 0.1) is 16.7 Å². The summed E-state index contributed by atoms with van der Waals surface area (Å²) in [6, 6.07) is 11.5. The van der Waals surface area contributed by atoms with Crippen LogP contribution < -0.4 is 0 Å². The highest BCUT2D eigenvalue weighted by Crippen LogP contribution is 2.30. The quantitative estimate of drug-likeness (QED) is 0.423. The number of cyclic esters (lactones) is 2. The molecule has 0 unspecified atom stereocenters. The highest BCUT2D eigenvalue weighted by molar-refractivity contribution is 6.17. The summed E-state index contributed by atoms with van der Waals surface area (Å²) in [6.07, 6.45) is 0. The largest absolute Gasteiger partial charge is 0.478 e. The molecule has 4 rings (SSSR count). The molecule has 22 heavy (non-hydrogen) atoms. The lowest BCUT2D eigenvalue weighted by atomic mass is 9.94. The molecule has 0 saturated carbocycles. The van der Waals surface area contributed by atoms with E-state index in [2.05, 4.69) is 0 Å². The molecule has 4 bridgehead atoms. The van der Waals surface area contributed by atoms with Crippen LogP contribution in [-0.2, 0) is 4.74 Å². The number of esters is 2. The van der Waals surface area contributed by atoms with Gasteiger partial charge in [-0.3, -0.25) is 0 Å². The number of aromatic carboxylic acids is 1. The minimum absolute atomic E-state index is 0.127. The van der Waals surface area contributed by atoms with Gasteiger partial charge < -0.3 is 9.84 Å². The fourth-order valence-corrected chi connectivity index (χ4v) is 2.80. The standard InChI is InChI=1S/C17H8O5/c18-15(19)14-12-4-3-9-5-8-1-2-10(16(20)22-17(12)21)6-11(8)7-13(9)14/h1-7H,(H,18,19). The van der Waals surface area contributed by atoms with E-state index in [9.17, 15) is 19.5 Å². The first-order chi connectivity index (χ1) is 10.5. The van der Waals surface area contributed by atoms with Crippen LogP contribution in [0, 0.1) is 0 Å². The van der Waals surface area contributed by atoms with Gasteiger partial charge in [-0.25, -0.2) is 14.4 Å². The minimum Gasteiger partial charge on any atom is -0.478 e. The number of fused-ring (bicyclic) bond motifs is 2. The smallest absolute Gasteiger partial charge is 0.346 e. The van der Waals surface area contributed by atoms with Gasteiger partial charge in [0.1, 0.15) is 0 Å². The summed E-state index contributed by atoms with van der Waals surface area (Å²) in [6.45, 7) is 0. The van der Waals surface area contributed by atoms with Crippen LogP contribution in [0.15, 0.2) is 42.5 Å². The van der Waals surface area contributed by atoms with Crippen LogP contribution in [0.4, 0.5) is 0 Å². The number of hydrogen-bond acceptors (Lipinski definition) is 4. The molecule has 3 aromatic carbocycles. The number of ether oxygens (including phenoxy) is 1. The highest BCUT2D eigenvalue weighted by Gasteiger charge is 2.25. The molecule has 3 aromatic rings. The van der Waals surface area contributed by atoms with Crippen LogP contribution in [-0.4, -0.2) is 23.0 Å². The first-order valence-electron chi connectivity index (χ1n) is 6.55. The molecule has 0 aromatic heterocycles. The molecular weight excluding hydrogens is 284 g/mol. The maximum Gasteiger partial charge on any atom is 0.346 e. The van der Waals surface area contributed by atoms with E-state index < -0.39 is 17.9 Å². The third-order valence-corrected chi connectivity index (χ3v) is 3.83. The normalized spacial score (nSPS) is 13.5. The van der Waals surface area contributed by atoms with Gasteiger partial charge in [-0.2, -0.15) is 0 Å². The highest BCUT2D eigenvalue weighted by atomic mass is 16.6. The summed E-state index contributed by atoms with van der Waals surface area (Å²) >= 11 is 0. The monoisotopic (exact) mass is 292 g/mol. The lowest BCUT2D eigenvalue weighted by molar-refractivity contribution is 0.0392. The molecule has 0 amide bonds. The molecule has 1 aliphatic heterocycles. The van der Waals surface area contributed by atoms with Gasteiger partial charge in [0.2, 0.25) is 0 Å². The van der Waals surface area contributed by atoms with E-state index in [1.807, 2.05) is 6.07 Å². The maximum absolute atomic E-state index is 12.1. The van der Waals surface area contributed by atoms with Gasteiger partial charge in [0, 0.05) is 0 Å². The fourth-order valence-electron chi connectivity index (χ4n) is 2.80. The lowest BCUT2D eigenvalue weighted by Gasteiger charge is -2.13. The predicted molar refractivity (Wildman–Crippen MR) is 78.2 cm³/mol. The minimum atomic E-state index is -1.24. The number of carbonyl (C=O) groups is 3. The molecule has 1 heterocycles. The van der Waals surface area contributed by atoms with Gasteiger partial charge in [-0.15, -0.1) is 0 Å². The summed E-state index contributed by atoms with van der Waals surface area (Å²) in [7, 11) is 0. The van der Waals surface area contributed by atoms with E-state index in [0.29, 0.717) is 10.8 Å². The summed E-state index contributed by atoms with van der Waals surface area (Å²) < 4.78 is 4.79. The van der Waals surface area contributed by atoms with Crippen molar-refractivity contribution in [3.63, 3.8) is 0 Å². The maximum atomic E-state index is 12.1. The number of rotatable bonds is 1. The van der Waals surface area contributed by atoms with Crippen LogP contribution in [0.5, 0.6) is 0 Å². The Hall–Kier alpha value is -3.21. The number of benzene rings is 3. The Kier molecular flexibility index (Phi) is 2.36. The number of carboxylic acids is 1. The van der Waals surface area contributed by atoms with Crippen molar-refractivity contribution >= 4 is 39.5 Å². The molecule has 0 atom stereocenters. The van der Waals surface area contributed by atoms with E-state index in [-0.39, 0.29) is 16.7 Å². The van der Waals surface area contributed by atoms with Crippen LogP contribution >= 0.6 is 0 Å². The van der Waals surface area contributed by atoms with Crippen LogP contribution in [0.2, 0.25) is 0 Å². The molecule has 5 heteroatoms. The van der Waals surface area contributed by atoms with Crippen LogP contribution in [0.1, 0.15) is 31.1 Å². The Morgan fingerprint density at radius 1 is 0.864 bits per heavy atom. The molecule has 0 spiro atoms. The van der Waals surface area contributed by atoms with Gasteiger partial charge in [-0.05, 0) is 51.9 Å². The van der Waals surface area contributed by atoms with Gasteiger partial charge in [-0.1, -0.05) is 12.1 Å². The van der Waals surface area contributed by atoms with Gasteiger partial charge in [0.15, 0.2) is 0 Å².